The van der Waals surface area contributed by atoms with Crippen molar-refractivity contribution in [3.8, 4) is 0 Å². The van der Waals surface area contributed by atoms with Crippen molar-refractivity contribution in [2.75, 3.05) is 13.5 Å². The van der Waals surface area contributed by atoms with E-state index in [0.717, 1.165) is 7.11 Å². The van der Waals surface area contributed by atoms with E-state index in [1.807, 2.05) is 0 Å². The molecule has 1 aromatic rings. The van der Waals surface area contributed by atoms with Gasteiger partial charge in [-0.05, 0) is 26.0 Å². The van der Waals surface area contributed by atoms with Crippen LogP contribution in [0.25, 0.3) is 0 Å². The zero-order valence-corrected chi connectivity index (χ0v) is 14.6. The molecule has 22 heavy (non-hydrogen) atoms. The SMILES string of the molecule is COOP(=O)(COS(=O)(=O)c1ccccc1Cl)OOC(C)C. The third-order valence-corrected chi connectivity index (χ3v) is 5.08. The van der Waals surface area contributed by atoms with Gasteiger partial charge < -0.3 is 0 Å². The average molecular weight is 375 g/mol. The molecule has 1 unspecified atom stereocenters. The van der Waals surface area contributed by atoms with Crippen LogP contribution in [0.1, 0.15) is 13.8 Å². The highest BCUT2D eigenvalue weighted by Gasteiger charge is 2.33. The Labute approximate surface area is 133 Å². The topological polar surface area (TPSA) is 97.4 Å². The lowest BCUT2D eigenvalue weighted by Gasteiger charge is -2.16. The monoisotopic (exact) mass is 374 g/mol. The lowest BCUT2D eigenvalue weighted by atomic mass is 10.4. The quantitative estimate of drug-likeness (QED) is 0.281. The molecule has 0 amide bonds. The highest BCUT2D eigenvalue weighted by atomic mass is 35.5. The number of rotatable bonds is 9. The van der Waals surface area contributed by atoms with Gasteiger partial charge >= 0.3 is 7.60 Å². The van der Waals surface area contributed by atoms with Gasteiger partial charge in [-0.3, -0.25) is 8.75 Å². The summed E-state index contributed by atoms with van der Waals surface area (Å²) >= 11 is 5.78. The Balaban J connectivity index is 2.84. The Morgan fingerprint density at radius 3 is 2.41 bits per heavy atom. The molecule has 0 aliphatic rings. The van der Waals surface area contributed by atoms with Gasteiger partial charge in [-0.2, -0.15) is 8.42 Å². The van der Waals surface area contributed by atoms with Crippen LogP contribution in [0.4, 0.5) is 0 Å². The molecule has 1 atom stereocenters. The van der Waals surface area contributed by atoms with Gasteiger partial charge in [0.15, 0.2) is 6.35 Å². The van der Waals surface area contributed by atoms with Gasteiger partial charge in [-0.15, -0.1) is 9.35 Å². The minimum atomic E-state index is -4.26. The fourth-order valence-electron chi connectivity index (χ4n) is 1.17. The molecule has 0 N–H and O–H groups in total. The van der Waals surface area contributed by atoms with E-state index in [9.17, 15) is 13.0 Å². The number of hydrogen-bond donors (Lipinski definition) is 0. The third kappa shape index (κ3) is 5.94. The third-order valence-electron chi connectivity index (χ3n) is 2.01. The summed E-state index contributed by atoms with van der Waals surface area (Å²) in [6.07, 6.45) is -1.38. The Kier molecular flexibility index (Phi) is 7.43. The van der Waals surface area contributed by atoms with Gasteiger partial charge in [0, 0.05) is 0 Å². The van der Waals surface area contributed by atoms with Gasteiger partial charge in [0.05, 0.1) is 18.2 Å². The van der Waals surface area contributed by atoms with E-state index in [2.05, 4.69) is 23.3 Å². The summed E-state index contributed by atoms with van der Waals surface area (Å²) in [6.45, 7) is 3.22. The minimum Gasteiger partial charge on any atom is -0.253 e. The first-order valence-corrected chi connectivity index (χ1v) is 9.52. The number of hydrogen-bond acceptors (Lipinski definition) is 8. The molecule has 1 rings (SSSR count). The first-order chi connectivity index (χ1) is 10.2. The smallest absolute Gasteiger partial charge is 0.253 e. The summed E-state index contributed by atoms with van der Waals surface area (Å²) < 4.78 is 49.9. The lowest BCUT2D eigenvalue weighted by Crippen LogP contribution is -2.12. The van der Waals surface area contributed by atoms with Crippen molar-refractivity contribution in [2.24, 2.45) is 0 Å². The highest BCUT2D eigenvalue weighted by molar-refractivity contribution is 7.87. The Morgan fingerprint density at radius 1 is 1.23 bits per heavy atom. The second-order valence-electron chi connectivity index (χ2n) is 4.20. The molecule has 0 aliphatic heterocycles. The van der Waals surface area contributed by atoms with Crippen molar-refractivity contribution in [1.29, 1.82) is 0 Å². The van der Waals surface area contributed by atoms with E-state index in [-0.39, 0.29) is 9.92 Å². The first kappa shape index (κ1) is 19.5. The molecule has 11 heteroatoms. The van der Waals surface area contributed by atoms with Crippen LogP contribution in [0.5, 0.6) is 0 Å². The summed E-state index contributed by atoms with van der Waals surface area (Å²) in [5.41, 5.74) is 0. The van der Waals surface area contributed by atoms with Crippen LogP contribution in [0.3, 0.4) is 0 Å². The van der Waals surface area contributed by atoms with E-state index in [1.165, 1.54) is 18.2 Å². The lowest BCUT2D eigenvalue weighted by molar-refractivity contribution is -0.274. The van der Waals surface area contributed by atoms with Gasteiger partial charge in [-0.1, -0.05) is 23.7 Å². The molecule has 0 aliphatic carbocycles. The van der Waals surface area contributed by atoms with E-state index in [4.69, 9.17) is 11.6 Å². The summed E-state index contributed by atoms with van der Waals surface area (Å²) in [4.78, 5) is 8.68. The van der Waals surface area contributed by atoms with E-state index < -0.39 is 30.2 Å². The Hall–Kier alpha value is -0.510. The fraction of sp³-hybridized carbons (Fsp3) is 0.455. The zero-order chi connectivity index (χ0) is 16.8. The molecule has 0 radical (unpaired) electrons. The van der Waals surface area contributed by atoms with Gasteiger partial charge in [0.1, 0.15) is 4.90 Å². The van der Waals surface area contributed by atoms with E-state index in [0.29, 0.717) is 0 Å². The first-order valence-electron chi connectivity index (χ1n) is 6.01. The second kappa shape index (κ2) is 8.37. The molecule has 0 heterocycles. The van der Waals surface area contributed by atoms with Crippen molar-refractivity contribution in [3.63, 3.8) is 0 Å². The van der Waals surface area contributed by atoms with Crippen LogP contribution in [-0.2, 0) is 38.0 Å². The van der Waals surface area contributed by atoms with Gasteiger partial charge in [-0.25, -0.2) is 9.78 Å². The summed E-state index contributed by atoms with van der Waals surface area (Å²) in [5, 5.41) is -0.0376. The normalized spacial score (nSPS) is 15.0. The molecule has 0 saturated heterocycles. The minimum absolute atomic E-state index is 0.0376. The van der Waals surface area contributed by atoms with Crippen LogP contribution in [0.15, 0.2) is 29.2 Å². The van der Waals surface area contributed by atoms with E-state index in [1.54, 1.807) is 19.9 Å². The Morgan fingerprint density at radius 2 is 1.86 bits per heavy atom. The van der Waals surface area contributed by atoms with Crippen LogP contribution < -0.4 is 0 Å². The molecule has 1 aromatic carbocycles. The number of benzene rings is 1. The van der Waals surface area contributed by atoms with Gasteiger partial charge in [0.2, 0.25) is 0 Å². The summed E-state index contributed by atoms with van der Waals surface area (Å²) in [6, 6.07) is 5.64. The highest BCUT2D eigenvalue weighted by Crippen LogP contribution is 2.49. The van der Waals surface area contributed by atoms with Crippen LogP contribution in [0.2, 0.25) is 5.02 Å². The number of halogens is 1. The fourth-order valence-corrected chi connectivity index (χ4v) is 3.98. The molecule has 0 saturated carbocycles. The summed E-state index contributed by atoms with van der Waals surface area (Å²) in [7, 11) is -7.27. The molecule has 0 aromatic heterocycles. The largest absolute Gasteiger partial charge is 0.411 e. The maximum absolute atomic E-state index is 12.2. The van der Waals surface area contributed by atoms with Crippen LogP contribution in [-0.4, -0.2) is 28.0 Å². The predicted octanol–water partition coefficient (Wildman–Crippen LogP) is 3.13. The molecule has 8 nitrogen and oxygen atoms in total. The molecule has 0 fully saturated rings. The predicted molar refractivity (Wildman–Crippen MR) is 77.6 cm³/mol. The second-order valence-corrected chi connectivity index (χ2v) is 7.97. The summed E-state index contributed by atoms with van der Waals surface area (Å²) in [5.74, 6) is 0. The maximum Gasteiger partial charge on any atom is 0.411 e. The van der Waals surface area contributed by atoms with Crippen LogP contribution in [0, 0.1) is 0 Å². The maximum atomic E-state index is 12.2. The van der Waals surface area contributed by atoms with Crippen molar-refractivity contribution < 1.29 is 36.3 Å². The molecular formula is C11H16ClO8PS. The van der Waals surface area contributed by atoms with Crippen molar-refractivity contribution in [3.05, 3.63) is 29.3 Å². The zero-order valence-electron chi connectivity index (χ0n) is 12.1. The molecule has 0 spiro atoms. The molecule has 0 bridgehead atoms. The van der Waals surface area contributed by atoms with Crippen molar-refractivity contribution >= 4 is 29.3 Å². The van der Waals surface area contributed by atoms with E-state index >= 15 is 0 Å². The average Bonchev–Trinajstić information content (AvgIpc) is 2.44. The van der Waals surface area contributed by atoms with Crippen molar-refractivity contribution in [1.82, 2.24) is 0 Å². The van der Waals surface area contributed by atoms with Crippen LogP contribution >= 0.6 is 19.2 Å². The standard InChI is InChI=1S/C11H16ClO8PS/c1-9(2)18-20-21(13,19-16-3)8-17-22(14,15)11-7-5-4-6-10(11)12/h4-7,9H,8H2,1-3H3. The molecule has 126 valence electrons. The van der Waals surface area contributed by atoms with Gasteiger partial charge in [0.25, 0.3) is 10.1 Å². The Bertz CT molecular complexity index is 633. The molecular weight excluding hydrogens is 359 g/mol. The van der Waals surface area contributed by atoms with Crippen molar-refractivity contribution in [2.45, 2.75) is 24.8 Å².